The molecule has 2 saturated heterocycles. The maximum atomic E-state index is 12.6. The number of carbonyl (C=O) groups is 1. The van der Waals surface area contributed by atoms with Gasteiger partial charge in [0.25, 0.3) is 0 Å². The molecule has 3 atom stereocenters. The van der Waals surface area contributed by atoms with Crippen LogP contribution < -0.4 is 10.1 Å². The Morgan fingerprint density at radius 3 is 3.04 bits per heavy atom. The van der Waals surface area contributed by atoms with Crippen LogP contribution in [0.3, 0.4) is 0 Å². The number of hydrogen-bond acceptors (Lipinski definition) is 5. The van der Waals surface area contributed by atoms with E-state index < -0.39 is 0 Å². The second kappa shape index (κ2) is 9.35. The third-order valence-electron chi connectivity index (χ3n) is 5.44. The molecule has 6 nitrogen and oxygen atoms in total. The van der Waals surface area contributed by atoms with Crippen molar-refractivity contribution in [3.05, 3.63) is 29.8 Å². The van der Waals surface area contributed by atoms with Crippen LogP contribution in [0.25, 0.3) is 0 Å². The Bertz CT molecular complexity index is 595. The molecule has 1 aromatic rings. The van der Waals surface area contributed by atoms with Gasteiger partial charge in [0.15, 0.2) is 0 Å². The SMILES string of the molecule is COCCNC(=O)[C@@H]1CCO[C@@H]2CCN(Cc3cccc(OC)c3)C[C@H]21. The average Bonchev–Trinajstić information content (AvgIpc) is 2.67. The van der Waals surface area contributed by atoms with Crippen LogP contribution >= 0.6 is 0 Å². The Hall–Kier alpha value is -1.63. The predicted molar refractivity (Wildman–Crippen MR) is 99.1 cm³/mol. The number of carbonyl (C=O) groups excluding carboxylic acids is 1. The first kappa shape index (κ1) is 19.1. The van der Waals surface area contributed by atoms with Gasteiger partial charge in [-0.25, -0.2) is 0 Å². The van der Waals surface area contributed by atoms with Gasteiger partial charge in [0.2, 0.25) is 5.91 Å². The van der Waals surface area contributed by atoms with Crippen molar-refractivity contribution in [2.45, 2.75) is 25.5 Å². The summed E-state index contributed by atoms with van der Waals surface area (Å²) in [7, 11) is 3.34. The third kappa shape index (κ3) is 4.75. The van der Waals surface area contributed by atoms with Crippen LogP contribution in [0.15, 0.2) is 24.3 Å². The fraction of sp³-hybridized carbons (Fsp3) is 0.650. The van der Waals surface area contributed by atoms with Gasteiger partial charge in [-0.05, 0) is 30.5 Å². The summed E-state index contributed by atoms with van der Waals surface area (Å²) in [4.78, 5) is 15.0. The summed E-state index contributed by atoms with van der Waals surface area (Å²) in [6.07, 6.45) is 1.98. The van der Waals surface area contributed by atoms with E-state index in [2.05, 4.69) is 22.3 Å². The van der Waals surface area contributed by atoms with Crippen LogP contribution in [0.4, 0.5) is 0 Å². The number of methoxy groups -OCH3 is 2. The van der Waals surface area contributed by atoms with Gasteiger partial charge in [0, 0.05) is 51.7 Å². The van der Waals surface area contributed by atoms with Gasteiger partial charge in [-0.15, -0.1) is 0 Å². The molecule has 26 heavy (non-hydrogen) atoms. The molecule has 0 bridgehead atoms. The summed E-state index contributed by atoms with van der Waals surface area (Å²) >= 11 is 0. The first-order valence-electron chi connectivity index (χ1n) is 9.45. The second-order valence-electron chi connectivity index (χ2n) is 7.13. The smallest absolute Gasteiger partial charge is 0.223 e. The molecule has 2 aliphatic rings. The number of nitrogens with zero attached hydrogens (tertiary/aromatic N) is 1. The van der Waals surface area contributed by atoms with Crippen LogP contribution in [0.1, 0.15) is 18.4 Å². The number of amides is 1. The number of ether oxygens (including phenoxy) is 3. The van der Waals surface area contributed by atoms with Gasteiger partial charge in [-0.3, -0.25) is 9.69 Å². The Morgan fingerprint density at radius 1 is 1.35 bits per heavy atom. The van der Waals surface area contributed by atoms with E-state index in [0.29, 0.717) is 19.8 Å². The molecule has 0 radical (unpaired) electrons. The fourth-order valence-electron chi connectivity index (χ4n) is 4.09. The van der Waals surface area contributed by atoms with Crippen molar-refractivity contribution in [1.29, 1.82) is 0 Å². The highest BCUT2D eigenvalue weighted by atomic mass is 16.5. The summed E-state index contributed by atoms with van der Waals surface area (Å²) in [6, 6.07) is 8.20. The highest BCUT2D eigenvalue weighted by Crippen LogP contribution is 2.34. The maximum Gasteiger partial charge on any atom is 0.223 e. The van der Waals surface area contributed by atoms with E-state index in [1.54, 1.807) is 14.2 Å². The van der Waals surface area contributed by atoms with Crippen molar-refractivity contribution >= 4 is 5.91 Å². The summed E-state index contributed by atoms with van der Waals surface area (Å²) < 4.78 is 16.3. The van der Waals surface area contributed by atoms with E-state index in [4.69, 9.17) is 14.2 Å². The molecule has 1 N–H and O–H groups in total. The largest absolute Gasteiger partial charge is 0.497 e. The van der Waals surface area contributed by atoms with Crippen molar-refractivity contribution in [2.24, 2.45) is 11.8 Å². The lowest BCUT2D eigenvalue weighted by molar-refractivity contribution is -0.142. The molecule has 144 valence electrons. The van der Waals surface area contributed by atoms with E-state index in [1.165, 1.54) is 5.56 Å². The zero-order chi connectivity index (χ0) is 18.4. The Balaban J connectivity index is 1.61. The third-order valence-corrected chi connectivity index (χ3v) is 5.44. The van der Waals surface area contributed by atoms with E-state index in [-0.39, 0.29) is 23.8 Å². The monoisotopic (exact) mass is 362 g/mol. The number of likely N-dealkylation sites (tertiary alicyclic amines) is 1. The minimum absolute atomic E-state index is 0.0266. The summed E-state index contributed by atoms with van der Waals surface area (Å²) in [5.41, 5.74) is 1.24. The first-order valence-corrected chi connectivity index (χ1v) is 9.45. The minimum atomic E-state index is 0.0266. The van der Waals surface area contributed by atoms with Gasteiger partial charge in [-0.2, -0.15) is 0 Å². The van der Waals surface area contributed by atoms with Gasteiger partial charge in [-0.1, -0.05) is 12.1 Å². The van der Waals surface area contributed by atoms with Crippen molar-refractivity contribution in [1.82, 2.24) is 10.2 Å². The molecule has 1 amide bonds. The number of piperidine rings is 1. The predicted octanol–water partition coefficient (Wildman–Crippen LogP) is 1.68. The fourth-order valence-corrected chi connectivity index (χ4v) is 4.09. The minimum Gasteiger partial charge on any atom is -0.497 e. The lowest BCUT2D eigenvalue weighted by Gasteiger charge is -2.44. The van der Waals surface area contributed by atoms with Crippen LogP contribution in [0.5, 0.6) is 5.75 Å². The Labute approximate surface area is 155 Å². The number of rotatable bonds is 7. The standard InChI is InChI=1S/C20H30N2O4/c1-24-11-8-21-20(23)17-7-10-26-19-6-9-22(14-18(17)19)13-15-4-3-5-16(12-15)25-2/h3-5,12,17-19H,6-11,13-14H2,1-2H3,(H,21,23)/t17-,18+,19-/m1/s1. The quantitative estimate of drug-likeness (QED) is 0.748. The summed E-state index contributed by atoms with van der Waals surface area (Å²) in [5, 5.41) is 3.01. The number of hydrogen-bond donors (Lipinski definition) is 1. The number of fused-ring (bicyclic) bond motifs is 1. The Morgan fingerprint density at radius 2 is 2.23 bits per heavy atom. The summed E-state index contributed by atoms with van der Waals surface area (Å²) in [6.45, 7) is 4.56. The van der Waals surface area contributed by atoms with Crippen LogP contribution in [0, 0.1) is 11.8 Å². The molecule has 1 aromatic carbocycles. The topological polar surface area (TPSA) is 60.0 Å². The second-order valence-corrected chi connectivity index (χ2v) is 7.13. The molecular formula is C20H30N2O4. The Kier molecular flexibility index (Phi) is 6.88. The van der Waals surface area contributed by atoms with E-state index in [9.17, 15) is 4.79 Å². The molecule has 2 fully saturated rings. The molecule has 2 heterocycles. The van der Waals surface area contributed by atoms with Gasteiger partial charge in [0.05, 0.1) is 19.8 Å². The molecule has 0 aromatic heterocycles. The molecular weight excluding hydrogens is 332 g/mol. The normalized spacial score (nSPS) is 26.2. The average molecular weight is 362 g/mol. The van der Waals surface area contributed by atoms with E-state index in [1.807, 2.05) is 12.1 Å². The molecule has 0 saturated carbocycles. The van der Waals surface area contributed by atoms with Gasteiger partial charge >= 0.3 is 0 Å². The zero-order valence-electron chi connectivity index (χ0n) is 15.8. The van der Waals surface area contributed by atoms with Gasteiger partial charge in [0.1, 0.15) is 5.75 Å². The summed E-state index contributed by atoms with van der Waals surface area (Å²) in [5.74, 6) is 1.31. The van der Waals surface area contributed by atoms with Gasteiger partial charge < -0.3 is 19.5 Å². The van der Waals surface area contributed by atoms with Crippen LogP contribution in [-0.2, 0) is 20.8 Å². The zero-order valence-corrected chi connectivity index (χ0v) is 15.8. The van der Waals surface area contributed by atoms with E-state index in [0.717, 1.165) is 38.2 Å². The molecule has 0 unspecified atom stereocenters. The number of nitrogens with one attached hydrogen (secondary N) is 1. The molecule has 0 aliphatic carbocycles. The van der Waals surface area contributed by atoms with E-state index >= 15 is 0 Å². The van der Waals surface area contributed by atoms with Crippen molar-refractivity contribution in [3.63, 3.8) is 0 Å². The lowest BCUT2D eigenvalue weighted by Crippen LogP contribution is -2.53. The van der Waals surface area contributed by atoms with Crippen molar-refractivity contribution in [2.75, 3.05) is 47.1 Å². The maximum absolute atomic E-state index is 12.6. The highest BCUT2D eigenvalue weighted by molar-refractivity contribution is 5.79. The van der Waals surface area contributed by atoms with Crippen molar-refractivity contribution < 1.29 is 19.0 Å². The molecule has 2 aliphatic heterocycles. The molecule has 6 heteroatoms. The van der Waals surface area contributed by atoms with Crippen LogP contribution in [0.2, 0.25) is 0 Å². The molecule has 0 spiro atoms. The number of benzene rings is 1. The highest BCUT2D eigenvalue weighted by Gasteiger charge is 2.41. The van der Waals surface area contributed by atoms with Crippen molar-refractivity contribution in [3.8, 4) is 5.75 Å². The van der Waals surface area contributed by atoms with Crippen LogP contribution in [-0.4, -0.2) is 64.0 Å². The first-order chi connectivity index (χ1) is 12.7. The molecule has 3 rings (SSSR count). The lowest BCUT2D eigenvalue weighted by atomic mass is 9.79.